The Bertz CT molecular complexity index is 686. The van der Waals surface area contributed by atoms with Gasteiger partial charge >= 0.3 is 0 Å². The third-order valence-corrected chi connectivity index (χ3v) is 3.44. The van der Waals surface area contributed by atoms with Crippen molar-refractivity contribution in [3.05, 3.63) is 59.9 Å². The number of nitrogens with zero attached hydrogens (tertiary/aromatic N) is 2. The lowest BCUT2D eigenvalue weighted by Gasteiger charge is -2.04. The SMILES string of the molecule is Cc1ccnc2c1c(CCl)cn2-c1ccccc1. The van der Waals surface area contributed by atoms with Gasteiger partial charge in [0.15, 0.2) is 0 Å². The molecule has 18 heavy (non-hydrogen) atoms. The fraction of sp³-hybridized carbons (Fsp3) is 0.133. The zero-order valence-corrected chi connectivity index (χ0v) is 10.9. The summed E-state index contributed by atoms with van der Waals surface area (Å²) in [6.07, 6.45) is 3.92. The molecule has 2 aromatic heterocycles. The second-order valence-electron chi connectivity index (χ2n) is 4.32. The lowest BCUT2D eigenvalue weighted by atomic mass is 10.1. The van der Waals surface area contributed by atoms with E-state index in [1.165, 1.54) is 5.56 Å². The minimum Gasteiger partial charge on any atom is -0.301 e. The topological polar surface area (TPSA) is 17.8 Å². The molecule has 90 valence electrons. The van der Waals surface area contributed by atoms with E-state index < -0.39 is 0 Å². The van der Waals surface area contributed by atoms with E-state index in [2.05, 4.69) is 34.8 Å². The van der Waals surface area contributed by atoms with Gasteiger partial charge in [-0.1, -0.05) is 18.2 Å². The van der Waals surface area contributed by atoms with Crippen LogP contribution < -0.4 is 0 Å². The molecule has 0 bridgehead atoms. The molecule has 2 nitrogen and oxygen atoms in total. The number of para-hydroxylation sites is 1. The molecule has 3 heteroatoms. The smallest absolute Gasteiger partial charge is 0.144 e. The average molecular weight is 257 g/mol. The molecule has 0 aliphatic carbocycles. The first kappa shape index (κ1) is 11.3. The maximum Gasteiger partial charge on any atom is 0.144 e. The molecule has 1 aromatic carbocycles. The molecule has 0 N–H and O–H groups in total. The first-order chi connectivity index (χ1) is 8.81. The number of aromatic nitrogens is 2. The van der Waals surface area contributed by atoms with Crippen LogP contribution in [0.3, 0.4) is 0 Å². The Hall–Kier alpha value is -1.80. The number of hydrogen-bond donors (Lipinski definition) is 0. The van der Waals surface area contributed by atoms with E-state index in [0.29, 0.717) is 5.88 Å². The van der Waals surface area contributed by atoms with Crippen LogP contribution in [0.1, 0.15) is 11.1 Å². The van der Waals surface area contributed by atoms with Crippen molar-refractivity contribution in [2.24, 2.45) is 0 Å². The van der Waals surface area contributed by atoms with Gasteiger partial charge in [-0.05, 0) is 36.2 Å². The molecule has 2 heterocycles. The monoisotopic (exact) mass is 256 g/mol. The number of aryl methyl sites for hydroxylation is 1. The largest absolute Gasteiger partial charge is 0.301 e. The van der Waals surface area contributed by atoms with Crippen LogP contribution in [-0.4, -0.2) is 9.55 Å². The fourth-order valence-corrected chi connectivity index (χ4v) is 2.49. The van der Waals surface area contributed by atoms with Crippen molar-refractivity contribution in [3.8, 4) is 5.69 Å². The van der Waals surface area contributed by atoms with Crippen LogP contribution in [0.25, 0.3) is 16.7 Å². The average Bonchev–Trinajstić information content (AvgIpc) is 2.80. The molecule has 0 aliphatic heterocycles. The molecule has 0 atom stereocenters. The van der Waals surface area contributed by atoms with Crippen molar-refractivity contribution in [2.45, 2.75) is 12.8 Å². The lowest BCUT2D eigenvalue weighted by Crippen LogP contribution is -1.93. The number of rotatable bonds is 2. The Morgan fingerprint density at radius 2 is 1.94 bits per heavy atom. The molecule has 0 amide bonds. The molecule has 0 fully saturated rings. The summed E-state index contributed by atoms with van der Waals surface area (Å²) in [5, 5.41) is 1.16. The van der Waals surface area contributed by atoms with Gasteiger partial charge in [-0.3, -0.25) is 0 Å². The van der Waals surface area contributed by atoms with Gasteiger partial charge in [-0.25, -0.2) is 4.98 Å². The van der Waals surface area contributed by atoms with E-state index in [-0.39, 0.29) is 0 Å². The number of alkyl halides is 1. The molecular formula is C15H13ClN2. The predicted molar refractivity (Wildman–Crippen MR) is 75.4 cm³/mol. The molecule has 3 aromatic rings. The van der Waals surface area contributed by atoms with Crippen LogP contribution in [0.15, 0.2) is 48.8 Å². The summed E-state index contributed by atoms with van der Waals surface area (Å²) >= 11 is 6.04. The van der Waals surface area contributed by atoms with Crippen LogP contribution in [0.4, 0.5) is 0 Å². The van der Waals surface area contributed by atoms with Crippen LogP contribution in [-0.2, 0) is 5.88 Å². The molecule has 0 spiro atoms. The first-order valence-electron chi connectivity index (χ1n) is 5.88. The molecule has 0 saturated carbocycles. The summed E-state index contributed by atoms with van der Waals surface area (Å²) in [6, 6.07) is 12.2. The van der Waals surface area contributed by atoms with Gasteiger partial charge in [0.1, 0.15) is 5.65 Å². The highest BCUT2D eigenvalue weighted by atomic mass is 35.5. The highest BCUT2D eigenvalue weighted by Gasteiger charge is 2.11. The van der Waals surface area contributed by atoms with Gasteiger partial charge in [0.2, 0.25) is 0 Å². The van der Waals surface area contributed by atoms with Crippen molar-refractivity contribution in [2.75, 3.05) is 0 Å². The third-order valence-electron chi connectivity index (χ3n) is 3.15. The first-order valence-corrected chi connectivity index (χ1v) is 6.41. The van der Waals surface area contributed by atoms with Gasteiger partial charge in [0.25, 0.3) is 0 Å². The Kier molecular flexibility index (Phi) is 2.80. The fourth-order valence-electron chi connectivity index (χ4n) is 2.29. The van der Waals surface area contributed by atoms with Gasteiger partial charge in [-0.15, -0.1) is 11.6 Å². The molecule has 3 rings (SSSR count). The highest BCUT2D eigenvalue weighted by Crippen LogP contribution is 2.26. The molecule has 0 unspecified atom stereocenters. The summed E-state index contributed by atoms with van der Waals surface area (Å²) in [4.78, 5) is 4.49. The molecular weight excluding hydrogens is 244 g/mol. The van der Waals surface area contributed by atoms with Crippen molar-refractivity contribution in [1.29, 1.82) is 0 Å². The highest BCUT2D eigenvalue weighted by molar-refractivity contribution is 6.18. The van der Waals surface area contributed by atoms with Gasteiger partial charge in [0.05, 0.1) is 0 Å². The van der Waals surface area contributed by atoms with Crippen molar-refractivity contribution < 1.29 is 0 Å². The summed E-state index contributed by atoms with van der Waals surface area (Å²) in [5.74, 6) is 0.503. The van der Waals surface area contributed by atoms with Crippen LogP contribution >= 0.6 is 11.6 Å². The van der Waals surface area contributed by atoms with Crippen molar-refractivity contribution in [1.82, 2.24) is 9.55 Å². The number of halogens is 1. The Balaban J connectivity index is 2.35. The van der Waals surface area contributed by atoms with Gasteiger partial charge in [0, 0.05) is 29.3 Å². The van der Waals surface area contributed by atoms with E-state index in [1.807, 2.05) is 30.5 Å². The second-order valence-corrected chi connectivity index (χ2v) is 4.59. The van der Waals surface area contributed by atoms with E-state index in [1.54, 1.807) is 0 Å². The molecule has 0 aliphatic rings. The Morgan fingerprint density at radius 1 is 1.17 bits per heavy atom. The number of fused-ring (bicyclic) bond motifs is 1. The maximum atomic E-state index is 6.04. The van der Waals surface area contributed by atoms with Crippen molar-refractivity contribution in [3.63, 3.8) is 0 Å². The third kappa shape index (κ3) is 1.70. The van der Waals surface area contributed by atoms with Crippen LogP contribution in [0.5, 0.6) is 0 Å². The lowest BCUT2D eigenvalue weighted by molar-refractivity contribution is 1.08. The Morgan fingerprint density at radius 3 is 2.67 bits per heavy atom. The minimum absolute atomic E-state index is 0.503. The summed E-state index contributed by atoms with van der Waals surface area (Å²) in [7, 11) is 0. The Labute approximate surface area is 111 Å². The number of pyridine rings is 1. The predicted octanol–water partition coefficient (Wildman–Crippen LogP) is 4.07. The van der Waals surface area contributed by atoms with E-state index in [4.69, 9.17) is 11.6 Å². The van der Waals surface area contributed by atoms with Gasteiger partial charge < -0.3 is 4.57 Å². The zero-order chi connectivity index (χ0) is 12.5. The standard InChI is InChI=1S/C15H13ClN2/c1-11-7-8-17-15-14(11)12(9-16)10-18(15)13-5-3-2-4-6-13/h2-8,10H,9H2,1H3. The normalized spacial score (nSPS) is 11.0. The summed E-state index contributed by atoms with van der Waals surface area (Å²) in [6.45, 7) is 2.09. The summed E-state index contributed by atoms with van der Waals surface area (Å²) in [5.41, 5.74) is 4.42. The molecule has 0 radical (unpaired) electrons. The number of hydrogen-bond acceptors (Lipinski definition) is 1. The zero-order valence-electron chi connectivity index (χ0n) is 10.1. The van der Waals surface area contributed by atoms with Crippen molar-refractivity contribution >= 4 is 22.6 Å². The maximum absolute atomic E-state index is 6.04. The summed E-state index contributed by atoms with van der Waals surface area (Å²) < 4.78 is 2.10. The second kappa shape index (κ2) is 4.46. The molecule has 0 saturated heterocycles. The van der Waals surface area contributed by atoms with E-state index in [9.17, 15) is 0 Å². The van der Waals surface area contributed by atoms with E-state index >= 15 is 0 Å². The van der Waals surface area contributed by atoms with Crippen LogP contribution in [0.2, 0.25) is 0 Å². The quantitative estimate of drug-likeness (QED) is 0.632. The number of benzene rings is 1. The van der Waals surface area contributed by atoms with Crippen LogP contribution in [0, 0.1) is 6.92 Å². The minimum atomic E-state index is 0.503. The van der Waals surface area contributed by atoms with Gasteiger partial charge in [-0.2, -0.15) is 0 Å². The van der Waals surface area contributed by atoms with E-state index in [0.717, 1.165) is 22.3 Å².